The normalized spacial score (nSPS) is 9.89. The average Bonchev–Trinajstić information content (AvgIpc) is 2.40. The molecule has 1 aromatic carbocycles. The molecular weight excluding hydrogens is 232 g/mol. The molecule has 2 aromatic rings. The van der Waals surface area contributed by atoms with Gasteiger partial charge in [0.05, 0.1) is 19.0 Å². The minimum absolute atomic E-state index is 0.177. The number of rotatable bonds is 3. The Kier molecular flexibility index (Phi) is 3.52. The predicted octanol–water partition coefficient (Wildman–Crippen LogP) is 2.01. The molecular formula is C13H12N2O3. The molecule has 0 amide bonds. The van der Waals surface area contributed by atoms with Crippen molar-refractivity contribution in [3.63, 3.8) is 0 Å². The van der Waals surface area contributed by atoms with Crippen molar-refractivity contribution in [2.45, 2.75) is 6.92 Å². The van der Waals surface area contributed by atoms with Gasteiger partial charge in [0.1, 0.15) is 11.5 Å². The fourth-order valence-electron chi connectivity index (χ4n) is 1.30. The first-order chi connectivity index (χ1) is 8.69. The first-order valence-corrected chi connectivity index (χ1v) is 5.34. The fraction of sp³-hybridized carbons (Fsp3) is 0.154. The molecule has 0 aliphatic heterocycles. The van der Waals surface area contributed by atoms with Gasteiger partial charge in [-0.25, -0.2) is 9.78 Å². The number of hydrogen-bond acceptors (Lipinski definition) is 5. The molecule has 0 atom stereocenters. The third kappa shape index (κ3) is 2.82. The van der Waals surface area contributed by atoms with E-state index in [4.69, 9.17) is 9.47 Å². The van der Waals surface area contributed by atoms with Crippen LogP contribution in [0.4, 0.5) is 0 Å². The van der Waals surface area contributed by atoms with E-state index < -0.39 is 5.97 Å². The summed E-state index contributed by atoms with van der Waals surface area (Å²) in [4.78, 5) is 19.7. The monoisotopic (exact) mass is 244 g/mol. The van der Waals surface area contributed by atoms with E-state index in [1.807, 2.05) is 0 Å². The SMILES string of the molecule is COc1ccc(OC(=O)c2cnc(C)cn2)cc1. The standard InChI is InChI=1S/C13H12N2O3/c1-9-7-15-12(8-14-9)13(16)18-11-5-3-10(17-2)4-6-11/h3-8H,1-2H3. The Bertz CT molecular complexity index is 535. The van der Waals surface area contributed by atoms with E-state index in [0.717, 1.165) is 5.69 Å². The molecule has 0 bridgehead atoms. The summed E-state index contributed by atoms with van der Waals surface area (Å²) in [6.07, 6.45) is 2.91. The van der Waals surface area contributed by atoms with E-state index in [1.165, 1.54) is 12.4 Å². The van der Waals surface area contributed by atoms with Crippen LogP contribution in [0.25, 0.3) is 0 Å². The molecule has 18 heavy (non-hydrogen) atoms. The number of methoxy groups -OCH3 is 1. The maximum absolute atomic E-state index is 11.7. The van der Waals surface area contributed by atoms with Gasteiger partial charge in [-0.1, -0.05) is 0 Å². The maximum atomic E-state index is 11.7. The summed E-state index contributed by atoms with van der Waals surface area (Å²) in [6, 6.07) is 6.73. The highest BCUT2D eigenvalue weighted by Crippen LogP contribution is 2.17. The van der Waals surface area contributed by atoms with Crippen LogP contribution in [0.1, 0.15) is 16.2 Å². The number of aromatic nitrogens is 2. The van der Waals surface area contributed by atoms with Crippen LogP contribution in [0.5, 0.6) is 11.5 Å². The van der Waals surface area contributed by atoms with Crippen molar-refractivity contribution in [3.05, 3.63) is 48.0 Å². The van der Waals surface area contributed by atoms with Crippen LogP contribution in [-0.4, -0.2) is 23.0 Å². The zero-order valence-corrected chi connectivity index (χ0v) is 10.1. The molecule has 0 unspecified atom stereocenters. The molecule has 0 N–H and O–H groups in total. The highest BCUT2D eigenvalue weighted by Gasteiger charge is 2.10. The fourth-order valence-corrected chi connectivity index (χ4v) is 1.30. The van der Waals surface area contributed by atoms with Crippen LogP contribution in [0, 0.1) is 6.92 Å². The van der Waals surface area contributed by atoms with Crippen molar-refractivity contribution in [2.24, 2.45) is 0 Å². The number of hydrogen-bond donors (Lipinski definition) is 0. The number of nitrogens with zero attached hydrogens (tertiary/aromatic N) is 2. The summed E-state index contributed by atoms with van der Waals surface area (Å²) in [5, 5.41) is 0. The van der Waals surface area contributed by atoms with E-state index >= 15 is 0 Å². The molecule has 0 fully saturated rings. The van der Waals surface area contributed by atoms with Crippen molar-refractivity contribution in [3.8, 4) is 11.5 Å². The Labute approximate surface area is 104 Å². The third-order valence-corrected chi connectivity index (χ3v) is 2.26. The number of carbonyl (C=O) groups excluding carboxylic acids is 1. The molecule has 0 spiro atoms. The lowest BCUT2D eigenvalue weighted by atomic mass is 10.3. The summed E-state index contributed by atoms with van der Waals surface area (Å²) in [6.45, 7) is 1.80. The first kappa shape index (κ1) is 12.0. The van der Waals surface area contributed by atoms with Crippen LogP contribution in [0.2, 0.25) is 0 Å². The number of aryl methyl sites for hydroxylation is 1. The van der Waals surface area contributed by atoms with Crippen molar-refractivity contribution >= 4 is 5.97 Å². The van der Waals surface area contributed by atoms with Crippen molar-refractivity contribution in [1.82, 2.24) is 9.97 Å². The van der Waals surface area contributed by atoms with Gasteiger partial charge >= 0.3 is 5.97 Å². The molecule has 1 heterocycles. The second-order valence-electron chi connectivity index (χ2n) is 3.61. The second kappa shape index (κ2) is 5.27. The van der Waals surface area contributed by atoms with Crippen LogP contribution in [0.3, 0.4) is 0 Å². The topological polar surface area (TPSA) is 61.3 Å². The first-order valence-electron chi connectivity index (χ1n) is 5.34. The zero-order valence-electron chi connectivity index (χ0n) is 10.1. The average molecular weight is 244 g/mol. The minimum Gasteiger partial charge on any atom is -0.497 e. The van der Waals surface area contributed by atoms with Gasteiger partial charge in [-0.2, -0.15) is 0 Å². The van der Waals surface area contributed by atoms with E-state index in [0.29, 0.717) is 11.5 Å². The van der Waals surface area contributed by atoms with Crippen LogP contribution >= 0.6 is 0 Å². The Morgan fingerprint density at radius 2 is 1.72 bits per heavy atom. The number of esters is 1. The van der Waals surface area contributed by atoms with Gasteiger partial charge in [0.25, 0.3) is 0 Å². The van der Waals surface area contributed by atoms with Gasteiger partial charge in [-0.05, 0) is 31.2 Å². The van der Waals surface area contributed by atoms with E-state index in [9.17, 15) is 4.79 Å². The lowest BCUT2D eigenvalue weighted by molar-refractivity contribution is 0.0728. The largest absolute Gasteiger partial charge is 0.497 e. The van der Waals surface area contributed by atoms with Crippen molar-refractivity contribution in [2.75, 3.05) is 7.11 Å². The highest BCUT2D eigenvalue weighted by atomic mass is 16.5. The zero-order chi connectivity index (χ0) is 13.0. The van der Waals surface area contributed by atoms with Gasteiger partial charge in [-0.15, -0.1) is 0 Å². The third-order valence-electron chi connectivity index (χ3n) is 2.26. The van der Waals surface area contributed by atoms with Gasteiger partial charge in [-0.3, -0.25) is 4.98 Å². The molecule has 5 nitrogen and oxygen atoms in total. The molecule has 0 radical (unpaired) electrons. The van der Waals surface area contributed by atoms with Gasteiger partial charge in [0, 0.05) is 6.20 Å². The lowest BCUT2D eigenvalue weighted by Gasteiger charge is -2.04. The molecule has 92 valence electrons. The summed E-state index contributed by atoms with van der Waals surface area (Å²) in [7, 11) is 1.57. The summed E-state index contributed by atoms with van der Waals surface area (Å²) < 4.78 is 10.2. The number of ether oxygens (including phenoxy) is 2. The lowest BCUT2D eigenvalue weighted by Crippen LogP contribution is -2.11. The van der Waals surface area contributed by atoms with Gasteiger partial charge < -0.3 is 9.47 Å². The quantitative estimate of drug-likeness (QED) is 0.610. The van der Waals surface area contributed by atoms with Crippen molar-refractivity contribution < 1.29 is 14.3 Å². The van der Waals surface area contributed by atoms with E-state index in [1.54, 1.807) is 38.3 Å². The Morgan fingerprint density at radius 1 is 1.06 bits per heavy atom. The highest BCUT2D eigenvalue weighted by molar-refractivity contribution is 5.88. The van der Waals surface area contributed by atoms with Gasteiger partial charge in [0.15, 0.2) is 5.69 Å². The molecule has 0 saturated heterocycles. The summed E-state index contributed by atoms with van der Waals surface area (Å²) >= 11 is 0. The second-order valence-corrected chi connectivity index (χ2v) is 3.61. The maximum Gasteiger partial charge on any atom is 0.363 e. The predicted molar refractivity (Wildman–Crippen MR) is 64.7 cm³/mol. The van der Waals surface area contributed by atoms with Gasteiger partial charge in [0.2, 0.25) is 0 Å². The molecule has 2 rings (SSSR count). The smallest absolute Gasteiger partial charge is 0.363 e. The Hall–Kier alpha value is -2.43. The molecule has 5 heteroatoms. The molecule has 1 aromatic heterocycles. The van der Waals surface area contributed by atoms with Crippen LogP contribution < -0.4 is 9.47 Å². The van der Waals surface area contributed by atoms with Crippen LogP contribution in [0.15, 0.2) is 36.7 Å². The van der Waals surface area contributed by atoms with Crippen molar-refractivity contribution in [1.29, 1.82) is 0 Å². The number of carbonyl (C=O) groups is 1. The van der Waals surface area contributed by atoms with Crippen LogP contribution in [-0.2, 0) is 0 Å². The summed E-state index contributed by atoms with van der Waals surface area (Å²) in [5.41, 5.74) is 0.924. The van der Waals surface area contributed by atoms with E-state index in [2.05, 4.69) is 9.97 Å². The summed E-state index contributed by atoms with van der Waals surface area (Å²) in [5.74, 6) is 0.598. The minimum atomic E-state index is -0.535. The molecule has 0 aliphatic rings. The molecule has 0 saturated carbocycles. The number of benzene rings is 1. The Balaban J connectivity index is 2.08. The van der Waals surface area contributed by atoms with E-state index in [-0.39, 0.29) is 5.69 Å². The Morgan fingerprint density at radius 3 is 2.28 bits per heavy atom. The molecule has 0 aliphatic carbocycles.